The molecular formula is C10H16N4O3. The Balaban J connectivity index is 2.74. The molecule has 17 heavy (non-hydrogen) atoms. The van der Waals surface area contributed by atoms with Gasteiger partial charge in [-0.05, 0) is 13.8 Å². The van der Waals surface area contributed by atoms with Crippen molar-refractivity contribution in [2.75, 3.05) is 12.4 Å². The number of aromatic nitrogens is 2. The number of likely N-dealkylation sites (N-methyl/N-ethyl adjacent to an activating group) is 1. The predicted molar refractivity (Wildman–Crippen MR) is 61.7 cm³/mol. The van der Waals surface area contributed by atoms with Crippen LogP contribution in [0.3, 0.4) is 0 Å². The second kappa shape index (κ2) is 4.44. The van der Waals surface area contributed by atoms with Gasteiger partial charge in [0.1, 0.15) is 5.54 Å². The molecule has 0 fully saturated rings. The molecule has 0 bridgehead atoms. The monoisotopic (exact) mass is 240 g/mol. The summed E-state index contributed by atoms with van der Waals surface area (Å²) in [5.74, 6) is -1.07. The van der Waals surface area contributed by atoms with E-state index in [1.54, 1.807) is 13.2 Å². The van der Waals surface area contributed by atoms with Gasteiger partial charge in [0, 0.05) is 20.3 Å². The standard InChI is InChI=1S/C10H16N4O3/c1-10(2,8(15)16)14(4)9(17)12-7-5-11-13(3)6-7/h5-6H,1-4H3,(H,12,17)(H,15,16). The summed E-state index contributed by atoms with van der Waals surface area (Å²) in [5, 5.41) is 15.4. The van der Waals surface area contributed by atoms with Crippen molar-refractivity contribution in [3.05, 3.63) is 12.4 Å². The normalized spacial score (nSPS) is 11.1. The zero-order chi connectivity index (χ0) is 13.2. The van der Waals surface area contributed by atoms with Gasteiger partial charge in [0.05, 0.1) is 11.9 Å². The number of nitrogens with one attached hydrogen (secondary N) is 1. The number of nitrogens with zero attached hydrogens (tertiary/aromatic N) is 3. The lowest BCUT2D eigenvalue weighted by Gasteiger charge is -2.31. The fourth-order valence-electron chi connectivity index (χ4n) is 1.09. The molecule has 7 nitrogen and oxygen atoms in total. The second-order valence-corrected chi connectivity index (χ2v) is 4.26. The number of anilines is 1. The molecule has 0 aromatic carbocycles. The molecule has 0 saturated heterocycles. The van der Waals surface area contributed by atoms with Crippen molar-refractivity contribution in [2.45, 2.75) is 19.4 Å². The van der Waals surface area contributed by atoms with Gasteiger partial charge in [-0.15, -0.1) is 0 Å². The maximum Gasteiger partial charge on any atom is 0.329 e. The SMILES string of the molecule is CN(C(=O)Nc1cnn(C)c1)C(C)(C)C(=O)O. The largest absolute Gasteiger partial charge is 0.480 e. The lowest BCUT2D eigenvalue weighted by Crippen LogP contribution is -2.52. The quantitative estimate of drug-likeness (QED) is 0.816. The van der Waals surface area contributed by atoms with E-state index in [9.17, 15) is 9.59 Å². The number of rotatable bonds is 3. The summed E-state index contributed by atoms with van der Waals surface area (Å²) in [6, 6.07) is -0.495. The summed E-state index contributed by atoms with van der Waals surface area (Å²) in [6.07, 6.45) is 3.11. The topological polar surface area (TPSA) is 87.5 Å². The number of amides is 2. The first kappa shape index (κ1) is 13.0. The maximum atomic E-state index is 11.8. The second-order valence-electron chi connectivity index (χ2n) is 4.26. The first-order chi connectivity index (χ1) is 7.75. The van der Waals surface area contributed by atoms with Crippen molar-refractivity contribution >= 4 is 17.7 Å². The van der Waals surface area contributed by atoms with Gasteiger partial charge in [0.2, 0.25) is 0 Å². The minimum atomic E-state index is -1.27. The third kappa shape index (κ3) is 2.74. The number of carbonyl (C=O) groups excluding carboxylic acids is 1. The molecule has 1 heterocycles. The highest BCUT2D eigenvalue weighted by molar-refractivity contribution is 5.93. The Hall–Kier alpha value is -2.05. The van der Waals surface area contributed by atoms with Crippen molar-refractivity contribution in [2.24, 2.45) is 7.05 Å². The molecule has 1 aromatic rings. The molecule has 7 heteroatoms. The summed E-state index contributed by atoms with van der Waals surface area (Å²) in [5.41, 5.74) is -0.753. The molecule has 0 radical (unpaired) electrons. The molecule has 0 aliphatic carbocycles. The van der Waals surface area contributed by atoms with Crippen LogP contribution in [0.2, 0.25) is 0 Å². The van der Waals surface area contributed by atoms with Crippen molar-refractivity contribution in [1.82, 2.24) is 14.7 Å². The molecule has 1 aromatic heterocycles. The summed E-state index contributed by atoms with van der Waals surface area (Å²) in [6.45, 7) is 2.91. The highest BCUT2D eigenvalue weighted by atomic mass is 16.4. The zero-order valence-electron chi connectivity index (χ0n) is 10.3. The lowest BCUT2D eigenvalue weighted by molar-refractivity contribution is -0.146. The zero-order valence-corrected chi connectivity index (χ0v) is 10.3. The molecule has 2 N–H and O–H groups in total. The van der Waals surface area contributed by atoms with Gasteiger partial charge in [-0.25, -0.2) is 9.59 Å². The Bertz CT molecular complexity index is 439. The molecule has 0 saturated carbocycles. The van der Waals surface area contributed by atoms with Crippen LogP contribution in [0.15, 0.2) is 12.4 Å². The first-order valence-electron chi connectivity index (χ1n) is 5.02. The third-order valence-electron chi connectivity index (χ3n) is 2.62. The van der Waals surface area contributed by atoms with Crippen LogP contribution in [0.25, 0.3) is 0 Å². The summed E-state index contributed by atoms with van der Waals surface area (Å²) >= 11 is 0. The average molecular weight is 240 g/mol. The minimum absolute atomic E-state index is 0.495. The number of carbonyl (C=O) groups is 2. The Morgan fingerprint density at radius 3 is 2.53 bits per heavy atom. The van der Waals surface area contributed by atoms with Gasteiger partial charge in [-0.1, -0.05) is 0 Å². The van der Waals surface area contributed by atoms with Crippen LogP contribution in [-0.2, 0) is 11.8 Å². The highest BCUT2D eigenvalue weighted by Gasteiger charge is 2.35. The van der Waals surface area contributed by atoms with Crippen LogP contribution in [0.4, 0.5) is 10.5 Å². The summed E-state index contributed by atoms with van der Waals surface area (Å²) in [4.78, 5) is 23.9. The smallest absolute Gasteiger partial charge is 0.329 e. The molecule has 2 amide bonds. The van der Waals surface area contributed by atoms with E-state index in [2.05, 4.69) is 10.4 Å². The number of carboxylic acid groups (broad SMARTS) is 1. The Morgan fingerprint density at radius 1 is 1.53 bits per heavy atom. The van der Waals surface area contributed by atoms with E-state index in [4.69, 9.17) is 5.11 Å². The van der Waals surface area contributed by atoms with E-state index >= 15 is 0 Å². The third-order valence-corrected chi connectivity index (χ3v) is 2.62. The molecule has 0 aliphatic rings. The van der Waals surface area contributed by atoms with Gasteiger partial charge >= 0.3 is 12.0 Å². The first-order valence-corrected chi connectivity index (χ1v) is 5.02. The summed E-state index contributed by atoms with van der Waals surface area (Å²) in [7, 11) is 3.15. The van der Waals surface area contributed by atoms with E-state index in [1.807, 2.05) is 0 Å². The van der Waals surface area contributed by atoms with Crippen molar-refractivity contribution < 1.29 is 14.7 Å². The fourth-order valence-corrected chi connectivity index (χ4v) is 1.09. The van der Waals surface area contributed by atoms with Crippen molar-refractivity contribution in [3.8, 4) is 0 Å². The number of carboxylic acids is 1. The van der Waals surface area contributed by atoms with Crippen LogP contribution in [0, 0.1) is 0 Å². The fraction of sp³-hybridized carbons (Fsp3) is 0.500. The van der Waals surface area contributed by atoms with E-state index in [1.165, 1.54) is 31.8 Å². The van der Waals surface area contributed by atoms with Crippen LogP contribution >= 0.6 is 0 Å². The van der Waals surface area contributed by atoms with Crippen LogP contribution < -0.4 is 5.32 Å². The number of hydrogen-bond donors (Lipinski definition) is 2. The predicted octanol–water partition coefficient (Wildman–Crippen LogP) is 0.747. The lowest BCUT2D eigenvalue weighted by atomic mass is 10.1. The number of aliphatic carboxylic acids is 1. The van der Waals surface area contributed by atoms with Crippen LogP contribution in [0.1, 0.15) is 13.8 Å². The molecule has 1 rings (SSSR count). The number of aryl methyl sites for hydroxylation is 1. The van der Waals surface area contributed by atoms with Gasteiger partial charge in [-0.3, -0.25) is 4.68 Å². The number of urea groups is 1. The van der Waals surface area contributed by atoms with Gasteiger partial charge in [0.15, 0.2) is 0 Å². The van der Waals surface area contributed by atoms with Gasteiger partial charge < -0.3 is 15.3 Å². The molecule has 0 unspecified atom stereocenters. The van der Waals surface area contributed by atoms with E-state index in [0.29, 0.717) is 5.69 Å². The Labute approximate surface area is 99.0 Å². The molecule has 0 aliphatic heterocycles. The highest BCUT2D eigenvalue weighted by Crippen LogP contribution is 2.14. The number of hydrogen-bond acceptors (Lipinski definition) is 3. The molecule has 94 valence electrons. The Kier molecular flexibility index (Phi) is 3.40. The van der Waals surface area contributed by atoms with Crippen LogP contribution in [0.5, 0.6) is 0 Å². The van der Waals surface area contributed by atoms with Gasteiger partial charge in [-0.2, -0.15) is 5.10 Å². The van der Waals surface area contributed by atoms with E-state index in [0.717, 1.165) is 4.90 Å². The Morgan fingerprint density at radius 2 is 2.12 bits per heavy atom. The minimum Gasteiger partial charge on any atom is -0.480 e. The maximum absolute atomic E-state index is 11.8. The molecule has 0 atom stereocenters. The molecular weight excluding hydrogens is 224 g/mol. The van der Waals surface area contributed by atoms with E-state index in [-0.39, 0.29) is 0 Å². The molecule has 0 spiro atoms. The van der Waals surface area contributed by atoms with Crippen molar-refractivity contribution in [1.29, 1.82) is 0 Å². The van der Waals surface area contributed by atoms with Gasteiger partial charge in [0.25, 0.3) is 0 Å². The van der Waals surface area contributed by atoms with Crippen molar-refractivity contribution in [3.63, 3.8) is 0 Å². The average Bonchev–Trinajstić information content (AvgIpc) is 2.62. The van der Waals surface area contributed by atoms with E-state index < -0.39 is 17.5 Å². The summed E-state index contributed by atoms with van der Waals surface area (Å²) < 4.78 is 1.54. The van der Waals surface area contributed by atoms with Crippen LogP contribution in [-0.4, -0.2) is 44.4 Å².